The number of pyridine rings is 1. The predicted molar refractivity (Wildman–Crippen MR) is 73.7 cm³/mol. The molecule has 0 saturated carbocycles. The summed E-state index contributed by atoms with van der Waals surface area (Å²) < 4.78 is 5.81. The van der Waals surface area contributed by atoms with Crippen molar-refractivity contribution in [1.29, 1.82) is 0 Å². The fourth-order valence-corrected chi connectivity index (χ4v) is 2.09. The molecule has 1 amide bonds. The number of rotatable bonds is 4. The number of aromatic nitrogens is 1. The summed E-state index contributed by atoms with van der Waals surface area (Å²) >= 11 is 0. The molecule has 1 atom stereocenters. The average Bonchev–Trinajstić information content (AvgIpc) is 3.02. The number of carbonyl (C=O) groups excluding carboxylic acids is 1. The van der Waals surface area contributed by atoms with Crippen molar-refractivity contribution >= 4 is 5.91 Å². The van der Waals surface area contributed by atoms with Gasteiger partial charge in [0.2, 0.25) is 0 Å². The lowest BCUT2D eigenvalue weighted by atomic mass is 10.1. The first-order valence-electron chi connectivity index (χ1n) is 6.55. The van der Waals surface area contributed by atoms with Crippen LogP contribution in [0.15, 0.2) is 42.6 Å². The van der Waals surface area contributed by atoms with Crippen LogP contribution < -0.4 is 10.5 Å². The molecule has 1 unspecified atom stereocenters. The lowest BCUT2D eigenvalue weighted by molar-refractivity contribution is -0.276. The Labute approximate surface area is 121 Å². The molecule has 6 heteroatoms. The summed E-state index contributed by atoms with van der Waals surface area (Å²) in [5.74, 6) is 0.617. The van der Waals surface area contributed by atoms with Crippen LogP contribution >= 0.6 is 0 Å². The average molecular weight is 286 g/mol. The standard InChI is InChI=1S/C15H14N2O4/c16-15(18)12-6-5-10(9-17-12)20-13-4-2-1-3-11(13)14-7-8-19-21-14/h1-6,9,14H,7-8H2,(H2,16,18). The van der Waals surface area contributed by atoms with Gasteiger partial charge in [-0.15, -0.1) is 0 Å². The zero-order valence-electron chi connectivity index (χ0n) is 11.2. The minimum Gasteiger partial charge on any atom is -0.455 e. The molecule has 3 rings (SSSR count). The first-order chi connectivity index (χ1) is 10.2. The Balaban J connectivity index is 1.82. The second-order valence-corrected chi connectivity index (χ2v) is 4.58. The first-order valence-corrected chi connectivity index (χ1v) is 6.55. The molecule has 6 nitrogen and oxygen atoms in total. The smallest absolute Gasteiger partial charge is 0.267 e. The van der Waals surface area contributed by atoms with Crippen molar-refractivity contribution in [3.8, 4) is 11.5 Å². The van der Waals surface area contributed by atoms with Crippen molar-refractivity contribution in [2.24, 2.45) is 5.73 Å². The van der Waals surface area contributed by atoms with E-state index in [4.69, 9.17) is 20.2 Å². The Morgan fingerprint density at radius 3 is 2.81 bits per heavy atom. The monoisotopic (exact) mass is 286 g/mol. The normalized spacial score (nSPS) is 17.6. The van der Waals surface area contributed by atoms with Gasteiger partial charge in [-0.2, -0.15) is 0 Å². The van der Waals surface area contributed by atoms with Crippen LogP contribution in [0, 0.1) is 0 Å². The quantitative estimate of drug-likeness (QED) is 0.872. The van der Waals surface area contributed by atoms with E-state index in [-0.39, 0.29) is 11.8 Å². The van der Waals surface area contributed by atoms with E-state index >= 15 is 0 Å². The van der Waals surface area contributed by atoms with Gasteiger partial charge in [0.25, 0.3) is 5.91 Å². The van der Waals surface area contributed by atoms with E-state index < -0.39 is 5.91 Å². The molecule has 108 valence electrons. The van der Waals surface area contributed by atoms with Crippen LogP contribution in [0.3, 0.4) is 0 Å². The Hall–Kier alpha value is -2.44. The highest BCUT2D eigenvalue weighted by atomic mass is 17.2. The summed E-state index contributed by atoms with van der Waals surface area (Å²) in [5, 5.41) is 0. The van der Waals surface area contributed by atoms with E-state index in [1.54, 1.807) is 6.07 Å². The van der Waals surface area contributed by atoms with Crippen molar-refractivity contribution in [3.63, 3.8) is 0 Å². The number of hydrogen-bond donors (Lipinski definition) is 1. The van der Waals surface area contributed by atoms with Gasteiger partial charge in [-0.1, -0.05) is 18.2 Å². The van der Waals surface area contributed by atoms with Crippen LogP contribution in [0.25, 0.3) is 0 Å². The topological polar surface area (TPSA) is 83.7 Å². The molecule has 2 aromatic rings. The van der Waals surface area contributed by atoms with Gasteiger partial charge in [-0.3, -0.25) is 4.79 Å². The molecule has 1 aliphatic rings. The zero-order valence-corrected chi connectivity index (χ0v) is 11.2. The lowest BCUT2D eigenvalue weighted by Gasteiger charge is -2.14. The molecule has 2 N–H and O–H groups in total. The number of nitrogens with zero attached hydrogens (tertiary/aromatic N) is 1. The maximum Gasteiger partial charge on any atom is 0.267 e. The summed E-state index contributed by atoms with van der Waals surface area (Å²) in [7, 11) is 0. The van der Waals surface area contributed by atoms with Crippen LogP contribution in [0.5, 0.6) is 11.5 Å². The highest BCUT2D eigenvalue weighted by Crippen LogP contribution is 2.35. The molecule has 0 bridgehead atoms. The van der Waals surface area contributed by atoms with E-state index in [0.29, 0.717) is 18.1 Å². The lowest BCUT2D eigenvalue weighted by Crippen LogP contribution is -2.12. The SMILES string of the molecule is NC(=O)c1ccc(Oc2ccccc2C2CCOO2)cn1. The van der Waals surface area contributed by atoms with E-state index in [2.05, 4.69) is 4.98 Å². The van der Waals surface area contributed by atoms with Crippen molar-refractivity contribution in [2.75, 3.05) is 6.61 Å². The number of hydrogen-bond acceptors (Lipinski definition) is 5. The molecule has 0 radical (unpaired) electrons. The van der Waals surface area contributed by atoms with Crippen LogP contribution in [-0.4, -0.2) is 17.5 Å². The van der Waals surface area contributed by atoms with E-state index in [1.165, 1.54) is 12.3 Å². The predicted octanol–water partition coefficient (Wildman–Crippen LogP) is 2.37. The summed E-state index contributed by atoms with van der Waals surface area (Å²) in [6.07, 6.45) is 2.10. The highest BCUT2D eigenvalue weighted by molar-refractivity contribution is 5.90. The third-order valence-electron chi connectivity index (χ3n) is 3.13. The van der Waals surface area contributed by atoms with Gasteiger partial charge >= 0.3 is 0 Å². The second kappa shape index (κ2) is 5.90. The Bertz CT molecular complexity index is 636. The molecule has 0 spiro atoms. The summed E-state index contributed by atoms with van der Waals surface area (Å²) in [6.45, 7) is 0.563. The van der Waals surface area contributed by atoms with Crippen molar-refractivity contribution in [1.82, 2.24) is 4.98 Å². The molecule has 1 aliphatic heterocycles. The zero-order chi connectivity index (χ0) is 14.7. The summed E-state index contributed by atoms with van der Waals surface area (Å²) in [4.78, 5) is 25.1. The largest absolute Gasteiger partial charge is 0.455 e. The van der Waals surface area contributed by atoms with Gasteiger partial charge in [-0.25, -0.2) is 14.8 Å². The fraction of sp³-hybridized carbons (Fsp3) is 0.200. The number of carbonyl (C=O) groups is 1. The van der Waals surface area contributed by atoms with Crippen LogP contribution in [0.1, 0.15) is 28.6 Å². The number of amides is 1. The molecule has 1 saturated heterocycles. The molecule has 2 heterocycles. The van der Waals surface area contributed by atoms with Gasteiger partial charge in [0.05, 0.1) is 12.8 Å². The third kappa shape index (κ3) is 3.01. The second-order valence-electron chi connectivity index (χ2n) is 4.58. The minimum atomic E-state index is -0.571. The molecular weight excluding hydrogens is 272 g/mol. The third-order valence-corrected chi connectivity index (χ3v) is 3.13. The number of primary amides is 1. The van der Waals surface area contributed by atoms with Crippen molar-refractivity contribution < 1.29 is 19.3 Å². The van der Waals surface area contributed by atoms with Crippen LogP contribution in [-0.2, 0) is 9.78 Å². The molecule has 1 fully saturated rings. The van der Waals surface area contributed by atoms with Gasteiger partial charge in [0.1, 0.15) is 23.3 Å². The van der Waals surface area contributed by atoms with Gasteiger partial charge in [0, 0.05) is 12.0 Å². The minimum absolute atomic E-state index is 0.140. The molecular formula is C15H14N2O4. The van der Waals surface area contributed by atoms with Gasteiger partial charge in [-0.05, 0) is 18.2 Å². The van der Waals surface area contributed by atoms with Crippen molar-refractivity contribution in [2.45, 2.75) is 12.5 Å². The maximum absolute atomic E-state index is 11.0. The Kier molecular flexibility index (Phi) is 3.81. The first kappa shape index (κ1) is 13.5. The Morgan fingerprint density at radius 2 is 2.14 bits per heavy atom. The van der Waals surface area contributed by atoms with Gasteiger partial charge < -0.3 is 10.5 Å². The summed E-state index contributed by atoms with van der Waals surface area (Å²) in [5.41, 5.74) is 6.26. The van der Waals surface area contributed by atoms with Crippen molar-refractivity contribution in [3.05, 3.63) is 53.9 Å². The number of nitrogens with two attached hydrogens (primary N) is 1. The number of benzene rings is 1. The van der Waals surface area contributed by atoms with E-state index in [1.807, 2.05) is 24.3 Å². The number of ether oxygens (including phenoxy) is 1. The molecule has 1 aromatic heterocycles. The highest BCUT2D eigenvalue weighted by Gasteiger charge is 2.23. The molecule has 21 heavy (non-hydrogen) atoms. The Morgan fingerprint density at radius 1 is 1.29 bits per heavy atom. The number of para-hydroxylation sites is 1. The van der Waals surface area contributed by atoms with Gasteiger partial charge in [0.15, 0.2) is 0 Å². The van der Waals surface area contributed by atoms with Crippen LogP contribution in [0.4, 0.5) is 0 Å². The molecule has 0 aliphatic carbocycles. The van der Waals surface area contributed by atoms with Crippen LogP contribution in [0.2, 0.25) is 0 Å². The molecule has 1 aromatic carbocycles. The maximum atomic E-state index is 11.0. The summed E-state index contributed by atoms with van der Waals surface area (Å²) in [6, 6.07) is 10.7. The van der Waals surface area contributed by atoms with E-state index in [9.17, 15) is 4.79 Å². The van der Waals surface area contributed by atoms with E-state index in [0.717, 1.165) is 12.0 Å². The fourth-order valence-electron chi connectivity index (χ4n) is 2.09.